The van der Waals surface area contributed by atoms with Crippen molar-refractivity contribution in [3.05, 3.63) is 53.6 Å². The number of furan rings is 1. The summed E-state index contributed by atoms with van der Waals surface area (Å²) in [5.74, 6) is 0.943. The molecular formula is C18H18O4. The number of rotatable bonds is 3. The first-order valence-electron chi connectivity index (χ1n) is 7.16. The lowest BCUT2D eigenvalue weighted by molar-refractivity contribution is 0.0306. The van der Waals surface area contributed by atoms with Gasteiger partial charge in [-0.15, -0.1) is 0 Å². The van der Waals surface area contributed by atoms with E-state index in [9.17, 15) is 15.3 Å². The minimum atomic E-state index is -0.921. The molecule has 1 heterocycles. The van der Waals surface area contributed by atoms with Crippen LogP contribution in [0.3, 0.4) is 0 Å². The summed E-state index contributed by atoms with van der Waals surface area (Å²) >= 11 is 0. The minimum absolute atomic E-state index is 0.208. The van der Waals surface area contributed by atoms with Crippen LogP contribution in [0.4, 0.5) is 0 Å². The van der Waals surface area contributed by atoms with Crippen LogP contribution in [0, 0.1) is 6.92 Å². The van der Waals surface area contributed by atoms with E-state index in [0.29, 0.717) is 5.56 Å². The third kappa shape index (κ3) is 2.47. The lowest BCUT2D eigenvalue weighted by Crippen LogP contribution is -2.13. The smallest absolute Gasteiger partial charge is 0.138 e. The monoisotopic (exact) mass is 298 g/mol. The maximum atomic E-state index is 9.99. The van der Waals surface area contributed by atoms with Gasteiger partial charge in [-0.25, -0.2) is 0 Å². The Balaban J connectivity index is 2.11. The summed E-state index contributed by atoms with van der Waals surface area (Å²) in [6.45, 7) is 3.51. The Morgan fingerprint density at radius 2 is 1.68 bits per heavy atom. The van der Waals surface area contributed by atoms with Crippen LogP contribution >= 0.6 is 0 Å². The molecule has 0 aliphatic rings. The average molecular weight is 298 g/mol. The van der Waals surface area contributed by atoms with Gasteiger partial charge in [-0.05, 0) is 55.8 Å². The summed E-state index contributed by atoms with van der Waals surface area (Å²) in [6.07, 6.45) is -1.75. The van der Waals surface area contributed by atoms with E-state index in [1.54, 1.807) is 43.3 Å². The summed E-state index contributed by atoms with van der Waals surface area (Å²) in [5.41, 5.74) is 3.22. The molecule has 2 aromatic carbocycles. The van der Waals surface area contributed by atoms with Crippen molar-refractivity contribution in [2.45, 2.75) is 26.1 Å². The second kappa shape index (κ2) is 5.48. The molecule has 0 fully saturated rings. The molecule has 3 rings (SSSR count). The van der Waals surface area contributed by atoms with Gasteiger partial charge in [-0.2, -0.15) is 0 Å². The average Bonchev–Trinajstić information content (AvgIpc) is 2.84. The predicted octanol–water partition coefficient (Wildman–Crippen LogP) is 3.53. The number of aliphatic hydroxyl groups is 2. The van der Waals surface area contributed by atoms with E-state index >= 15 is 0 Å². The summed E-state index contributed by atoms with van der Waals surface area (Å²) in [5, 5.41) is 29.8. The summed E-state index contributed by atoms with van der Waals surface area (Å²) in [6, 6.07) is 12.2. The van der Waals surface area contributed by atoms with Crippen molar-refractivity contribution in [3.63, 3.8) is 0 Å². The molecule has 4 heteroatoms. The van der Waals surface area contributed by atoms with Crippen molar-refractivity contribution in [2.75, 3.05) is 0 Å². The van der Waals surface area contributed by atoms with Crippen LogP contribution < -0.4 is 0 Å². The second-order valence-electron chi connectivity index (χ2n) is 5.54. The van der Waals surface area contributed by atoms with Gasteiger partial charge in [0, 0.05) is 16.5 Å². The first-order chi connectivity index (χ1) is 10.5. The van der Waals surface area contributed by atoms with Gasteiger partial charge in [-0.1, -0.05) is 6.07 Å². The molecule has 0 aliphatic heterocycles. The molecule has 0 saturated heterocycles. The van der Waals surface area contributed by atoms with Crippen LogP contribution in [-0.4, -0.2) is 21.4 Å². The predicted molar refractivity (Wildman–Crippen MR) is 84.7 cm³/mol. The lowest BCUT2D eigenvalue weighted by Gasteiger charge is -2.13. The number of benzene rings is 2. The normalized spacial score (nSPS) is 14.2. The molecule has 114 valence electrons. The van der Waals surface area contributed by atoms with Crippen molar-refractivity contribution in [3.8, 4) is 17.1 Å². The molecule has 1 aromatic heterocycles. The van der Waals surface area contributed by atoms with Crippen molar-refractivity contribution >= 4 is 11.0 Å². The number of aryl methyl sites for hydroxylation is 1. The summed E-state index contributed by atoms with van der Waals surface area (Å²) in [4.78, 5) is 0. The zero-order valence-electron chi connectivity index (χ0n) is 12.4. The number of aromatic hydroxyl groups is 1. The highest BCUT2D eigenvalue weighted by Gasteiger charge is 2.17. The highest BCUT2D eigenvalue weighted by atomic mass is 16.3. The Kier molecular flexibility index (Phi) is 3.64. The Morgan fingerprint density at radius 1 is 1.00 bits per heavy atom. The fraction of sp³-hybridized carbons (Fsp3) is 0.222. The number of aliphatic hydroxyl groups excluding tert-OH is 2. The molecule has 4 nitrogen and oxygen atoms in total. The molecule has 0 radical (unpaired) electrons. The van der Waals surface area contributed by atoms with Gasteiger partial charge in [0.1, 0.15) is 23.2 Å². The van der Waals surface area contributed by atoms with Gasteiger partial charge in [-0.3, -0.25) is 0 Å². The molecule has 2 atom stereocenters. The van der Waals surface area contributed by atoms with E-state index in [0.717, 1.165) is 27.9 Å². The number of hydrogen-bond donors (Lipinski definition) is 3. The van der Waals surface area contributed by atoms with Gasteiger partial charge in [0.05, 0.1) is 6.10 Å². The Bertz CT molecular complexity index is 800. The Labute approximate surface area is 128 Å². The molecule has 0 aliphatic carbocycles. The number of phenolic OH excluding ortho intramolecular Hbond substituents is 1. The Morgan fingerprint density at radius 3 is 2.32 bits per heavy atom. The van der Waals surface area contributed by atoms with Gasteiger partial charge in [0.25, 0.3) is 0 Å². The van der Waals surface area contributed by atoms with Crippen LogP contribution in [0.1, 0.15) is 24.2 Å². The van der Waals surface area contributed by atoms with Gasteiger partial charge in [0.2, 0.25) is 0 Å². The molecule has 0 amide bonds. The van der Waals surface area contributed by atoms with Crippen LogP contribution in [-0.2, 0) is 0 Å². The lowest BCUT2D eigenvalue weighted by atomic mass is 10.0. The van der Waals surface area contributed by atoms with E-state index in [4.69, 9.17) is 4.42 Å². The molecule has 3 N–H and O–H groups in total. The molecule has 0 bridgehead atoms. The number of phenols is 1. The van der Waals surface area contributed by atoms with E-state index in [1.165, 1.54) is 0 Å². The Hall–Kier alpha value is -2.30. The fourth-order valence-corrected chi connectivity index (χ4v) is 2.59. The highest BCUT2D eigenvalue weighted by molar-refractivity contribution is 5.88. The topological polar surface area (TPSA) is 73.8 Å². The third-order valence-electron chi connectivity index (χ3n) is 3.89. The standard InChI is InChI=1S/C18H18O4/c1-10-15-9-13(17(21)11(2)19)5-8-16(15)22-18(10)12-3-6-14(20)7-4-12/h3-9,11,17,19-21H,1-2H3/t11-,17-/m1/s1. The zero-order valence-corrected chi connectivity index (χ0v) is 12.4. The number of hydrogen-bond acceptors (Lipinski definition) is 4. The molecule has 0 unspecified atom stereocenters. The summed E-state index contributed by atoms with van der Waals surface area (Å²) < 4.78 is 5.89. The van der Waals surface area contributed by atoms with Crippen LogP contribution in [0.25, 0.3) is 22.3 Å². The largest absolute Gasteiger partial charge is 0.508 e. The maximum Gasteiger partial charge on any atom is 0.138 e. The van der Waals surface area contributed by atoms with E-state index in [2.05, 4.69) is 0 Å². The summed E-state index contributed by atoms with van der Waals surface area (Å²) in [7, 11) is 0. The van der Waals surface area contributed by atoms with Crippen LogP contribution in [0.2, 0.25) is 0 Å². The van der Waals surface area contributed by atoms with E-state index < -0.39 is 12.2 Å². The molecule has 0 saturated carbocycles. The minimum Gasteiger partial charge on any atom is -0.508 e. The first-order valence-corrected chi connectivity index (χ1v) is 7.16. The van der Waals surface area contributed by atoms with Crippen LogP contribution in [0.5, 0.6) is 5.75 Å². The van der Waals surface area contributed by atoms with Crippen molar-refractivity contribution in [1.29, 1.82) is 0 Å². The van der Waals surface area contributed by atoms with Gasteiger partial charge >= 0.3 is 0 Å². The van der Waals surface area contributed by atoms with Gasteiger partial charge in [0.15, 0.2) is 0 Å². The highest BCUT2D eigenvalue weighted by Crippen LogP contribution is 2.35. The fourth-order valence-electron chi connectivity index (χ4n) is 2.59. The van der Waals surface area contributed by atoms with E-state index in [1.807, 2.05) is 13.0 Å². The third-order valence-corrected chi connectivity index (χ3v) is 3.89. The maximum absolute atomic E-state index is 9.99. The van der Waals surface area contributed by atoms with Crippen molar-refractivity contribution in [2.24, 2.45) is 0 Å². The quantitative estimate of drug-likeness (QED) is 0.691. The molecule has 0 spiro atoms. The van der Waals surface area contributed by atoms with Crippen molar-refractivity contribution in [1.82, 2.24) is 0 Å². The zero-order chi connectivity index (χ0) is 15.9. The second-order valence-corrected chi connectivity index (χ2v) is 5.54. The van der Waals surface area contributed by atoms with Crippen LogP contribution in [0.15, 0.2) is 46.9 Å². The SMILES string of the molecule is Cc1c(-c2ccc(O)cc2)oc2ccc([C@H](O)[C@@H](C)O)cc12. The molecular weight excluding hydrogens is 280 g/mol. The van der Waals surface area contributed by atoms with Crippen molar-refractivity contribution < 1.29 is 19.7 Å². The van der Waals surface area contributed by atoms with Gasteiger partial charge < -0.3 is 19.7 Å². The molecule has 22 heavy (non-hydrogen) atoms. The van der Waals surface area contributed by atoms with E-state index in [-0.39, 0.29) is 5.75 Å². The molecule has 3 aromatic rings. The first kappa shape index (κ1) is 14.6. The number of fused-ring (bicyclic) bond motifs is 1.